The molecule has 0 aliphatic rings. The zero-order chi connectivity index (χ0) is 79.1. The van der Waals surface area contributed by atoms with Crippen molar-refractivity contribution in [3.63, 3.8) is 0 Å². The number of benzene rings is 20. The van der Waals surface area contributed by atoms with E-state index in [-0.39, 0.29) is 0 Å². The lowest BCUT2D eigenvalue weighted by Crippen LogP contribution is -2.01. The molecule has 4 aromatic heterocycles. The molecule has 8 heteroatoms. The molecule has 24 rings (SSSR count). The molecule has 20 aromatic carbocycles. The first-order valence-corrected chi connectivity index (χ1v) is 40.6. The average molecular weight is 1530 g/mol. The van der Waals surface area contributed by atoms with Crippen molar-refractivity contribution >= 4 is 130 Å². The molecule has 24 aromatic rings. The summed E-state index contributed by atoms with van der Waals surface area (Å²) in [5.41, 5.74) is 16.0. The molecule has 0 atom stereocenters. The first kappa shape index (κ1) is 69.4. The lowest BCUT2D eigenvalue weighted by atomic mass is 9.89. The molecule has 0 amide bonds. The van der Waals surface area contributed by atoms with Gasteiger partial charge in [0.05, 0.1) is 22.4 Å². The van der Waals surface area contributed by atoms with Gasteiger partial charge in [-0.05, 0) is 157 Å². The summed E-state index contributed by atoms with van der Waals surface area (Å²) in [5.74, 6) is 3.79. The Morgan fingerprint density at radius 2 is 0.375 bits per heavy atom. The molecule has 0 aliphatic heterocycles. The predicted octanol–water partition coefficient (Wildman–Crippen LogP) is 29.0. The SMILES string of the molecule is c1cc(-c2cccc(-c3nc4ccccc4c4c5ccccc5c5ccccc5c34)c2)cc(-c2nc(-c3ccc4ccccc4c3)nc(-c3ccc4ccccc4c3)n2)c1.c1cc(-c2cccc(-c3nc4ccccc4c4c5ccccc5c5ccccc5c34)c2)cc(-c2nc(-c3cccc4ccccc34)nc(-c3cccc4ccccc34)n2)c1. The summed E-state index contributed by atoms with van der Waals surface area (Å²) in [6.07, 6.45) is 0. The highest BCUT2D eigenvalue weighted by atomic mass is 15.0. The Kier molecular flexibility index (Phi) is 16.7. The first-order valence-electron chi connectivity index (χ1n) is 40.6. The Bertz CT molecular complexity index is 8140. The maximum atomic E-state index is 5.42. The molecule has 0 radical (unpaired) electrons. The second-order valence-electron chi connectivity index (χ2n) is 30.8. The zero-order valence-electron chi connectivity index (χ0n) is 64.8. The largest absolute Gasteiger partial charge is 0.247 e. The summed E-state index contributed by atoms with van der Waals surface area (Å²) in [4.78, 5) is 41.9. The van der Waals surface area contributed by atoms with E-state index in [9.17, 15) is 0 Å². The Labute approximate surface area is 690 Å². The summed E-state index contributed by atoms with van der Waals surface area (Å²) in [6, 6.07) is 146. The van der Waals surface area contributed by atoms with E-state index in [2.05, 4.69) is 413 Å². The third-order valence-electron chi connectivity index (χ3n) is 23.7. The van der Waals surface area contributed by atoms with Gasteiger partial charge in [-0.2, -0.15) is 0 Å². The normalized spacial score (nSPS) is 11.7. The van der Waals surface area contributed by atoms with E-state index < -0.39 is 0 Å². The Morgan fingerprint density at radius 3 is 0.758 bits per heavy atom. The first-order chi connectivity index (χ1) is 59.5. The number of hydrogen-bond donors (Lipinski definition) is 0. The van der Waals surface area contributed by atoms with Gasteiger partial charge < -0.3 is 0 Å². The highest BCUT2D eigenvalue weighted by Crippen LogP contribution is 2.47. The van der Waals surface area contributed by atoms with Crippen molar-refractivity contribution in [1.82, 2.24) is 39.9 Å². The molecular formula is C112H68N8. The molecule has 4 heterocycles. The van der Waals surface area contributed by atoms with Crippen LogP contribution in [0.15, 0.2) is 413 Å². The number of nitrogens with zero attached hydrogens (tertiary/aromatic N) is 8. The molecule has 0 bridgehead atoms. The molecule has 0 spiro atoms. The molecule has 0 saturated carbocycles. The molecule has 0 fully saturated rings. The average Bonchev–Trinajstić information content (AvgIpc) is 0.719. The van der Waals surface area contributed by atoms with Crippen LogP contribution in [0.2, 0.25) is 0 Å². The van der Waals surface area contributed by atoms with Gasteiger partial charge in [0.1, 0.15) is 0 Å². The summed E-state index contributed by atoms with van der Waals surface area (Å²) < 4.78 is 0. The fourth-order valence-corrected chi connectivity index (χ4v) is 18.0. The highest BCUT2D eigenvalue weighted by Gasteiger charge is 2.24. The van der Waals surface area contributed by atoms with Gasteiger partial charge in [0.25, 0.3) is 0 Å². The Morgan fingerprint density at radius 1 is 0.125 bits per heavy atom. The van der Waals surface area contributed by atoms with Crippen LogP contribution in [0.5, 0.6) is 0 Å². The van der Waals surface area contributed by atoms with Crippen molar-refractivity contribution in [2.75, 3.05) is 0 Å². The molecule has 0 N–H and O–H groups in total. The second-order valence-corrected chi connectivity index (χ2v) is 30.8. The van der Waals surface area contributed by atoms with E-state index in [1.54, 1.807) is 0 Å². The number of aromatic nitrogens is 8. The monoisotopic (exact) mass is 1520 g/mol. The van der Waals surface area contributed by atoms with Crippen LogP contribution < -0.4 is 0 Å². The van der Waals surface area contributed by atoms with E-state index in [0.29, 0.717) is 34.9 Å². The summed E-state index contributed by atoms with van der Waals surface area (Å²) >= 11 is 0. The van der Waals surface area contributed by atoms with Crippen molar-refractivity contribution in [2.24, 2.45) is 0 Å². The van der Waals surface area contributed by atoms with Gasteiger partial charge in [0.2, 0.25) is 0 Å². The van der Waals surface area contributed by atoms with Gasteiger partial charge in [-0.1, -0.05) is 364 Å². The smallest absolute Gasteiger partial charge is 0.164 e. The minimum absolute atomic E-state index is 0.620. The van der Waals surface area contributed by atoms with E-state index in [1.807, 2.05) is 0 Å². The number of pyridine rings is 2. The van der Waals surface area contributed by atoms with E-state index in [1.165, 1.54) is 75.4 Å². The molecule has 120 heavy (non-hydrogen) atoms. The topological polar surface area (TPSA) is 103 Å². The van der Waals surface area contributed by atoms with Crippen LogP contribution in [0.25, 0.3) is 243 Å². The van der Waals surface area contributed by atoms with E-state index >= 15 is 0 Å². The van der Waals surface area contributed by atoms with Gasteiger partial charge in [-0.15, -0.1) is 0 Å². The van der Waals surface area contributed by atoms with Crippen molar-refractivity contribution < 1.29 is 0 Å². The standard InChI is InChI=1S/2C56H34N4/c1-3-23-41-35(15-1)17-13-30-47(41)55-58-54(59-56(60-55)48-31-14-18-36-16-2-4-24-42(36)48)40-22-12-20-38(34-40)37-19-11-21-39(33-37)53-52-46-28-8-6-26-44(46)43-25-5-7-27-45(43)51(52)49-29-9-10-32-50(49)57-53;1-3-15-37-32-43(29-27-35(37)13-1)55-58-54(59-56(60-55)44-30-28-36-14-2-4-16-38(36)33-44)42-20-12-18-40(34-42)39-17-11-19-41(31-39)53-52-48-24-8-6-22-46(48)45-21-5-7-23-47(45)51(52)49-25-9-10-26-50(49)57-53/h2*1-34H. The quantitative estimate of drug-likeness (QED) is 0.125. The lowest BCUT2D eigenvalue weighted by molar-refractivity contribution is 1.08. The van der Waals surface area contributed by atoms with Crippen LogP contribution >= 0.6 is 0 Å². The highest BCUT2D eigenvalue weighted by molar-refractivity contribution is 6.35. The third kappa shape index (κ3) is 12.2. The molecule has 0 saturated heterocycles. The van der Waals surface area contributed by atoms with Crippen LogP contribution in [0.3, 0.4) is 0 Å². The lowest BCUT2D eigenvalue weighted by Gasteiger charge is -2.16. The Hall–Kier alpha value is -16.2. The molecule has 0 unspecified atom stereocenters. The van der Waals surface area contributed by atoms with Crippen molar-refractivity contribution in [3.8, 4) is 113 Å². The van der Waals surface area contributed by atoms with Crippen LogP contribution in [0.4, 0.5) is 0 Å². The summed E-state index contributed by atoms with van der Waals surface area (Å²) in [6.45, 7) is 0. The van der Waals surface area contributed by atoms with Gasteiger partial charge in [0, 0.05) is 76.8 Å². The van der Waals surface area contributed by atoms with Crippen molar-refractivity contribution in [3.05, 3.63) is 413 Å². The molecular weight excluding hydrogens is 1460 g/mol. The van der Waals surface area contributed by atoms with Crippen LogP contribution in [-0.4, -0.2) is 39.9 Å². The zero-order valence-corrected chi connectivity index (χ0v) is 64.8. The van der Waals surface area contributed by atoms with E-state index in [4.69, 9.17) is 39.9 Å². The van der Waals surface area contributed by atoms with E-state index in [0.717, 1.165) is 132 Å². The van der Waals surface area contributed by atoms with Gasteiger partial charge in [-0.25, -0.2) is 39.9 Å². The fraction of sp³-hybridized carbons (Fsp3) is 0. The van der Waals surface area contributed by atoms with Crippen molar-refractivity contribution in [2.45, 2.75) is 0 Å². The number of hydrogen-bond acceptors (Lipinski definition) is 8. The predicted molar refractivity (Wildman–Crippen MR) is 500 cm³/mol. The number of para-hydroxylation sites is 2. The molecule has 8 nitrogen and oxygen atoms in total. The van der Waals surface area contributed by atoms with Crippen LogP contribution in [0.1, 0.15) is 0 Å². The minimum Gasteiger partial charge on any atom is -0.247 e. The minimum atomic E-state index is 0.620. The van der Waals surface area contributed by atoms with Gasteiger partial charge in [0.15, 0.2) is 34.9 Å². The summed E-state index contributed by atoms with van der Waals surface area (Å²) in [7, 11) is 0. The number of rotatable bonds is 10. The third-order valence-corrected chi connectivity index (χ3v) is 23.7. The Balaban J connectivity index is 0.000000140. The molecule has 556 valence electrons. The summed E-state index contributed by atoms with van der Waals surface area (Å²) in [5, 5.41) is 26.0. The number of fused-ring (bicyclic) bond motifs is 20. The van der Waals surface area contributed by atoms with Gasteiger partial charge >= 0.3 is 0 Å². The fourth-order valence-electron chi connectivity index (χ4n) is 18.0. The maximum absolute atomic E-state index is 5.42. The molecule has 0 aliphatic carbocycles. The van der Waals surface area contributed by atoms with Gasteiger partial charge in [-0.3, -0.25) is 0 Å². The maximum Gasteiger partial charge on any atom is 0.164 e. The second kappa shape index (κ2) is 29.0. The van der Waals surface area contributed by atoms with Crippen LogP contribution in [0, 0.1) is 0 Å². The van der Waals surface area contributed by atoms with Crippen molar-refractivity contribution in [1.29, 1.82) is 0 Å². The van der Waals surface area contributed by atoms with Crippen LogP contribution in [-0.2, 0) is 0 Å².